The van der Waals surface area contributed by atoms with E-state index in [1.54, 1.807) is 24.3 Å². The van der Waals surface area contributed by atoms with Gasteiger partial charge in [-0.1, -0.05) is 13.0 Å². The summed E-state index contributed by atoms with van der Waals surface area (Å²) in [4.78, 5) is 15.2. The van der Waals surface area contributed by atoms with Gasteiger partial charge in [0.05, 0.1) is 0 Å². The Morgan fingerprint density at radius 1 is 1.47 bits per heavy atom. The molecule has 6 heteroatoms. The molecular weight excluding hydrogens is 218 g/mol. The number of hydrogen-bond acceptors (Lipinski definition) is 3. The molecule has 1 aromatic carbocycles. The average molecular weight is 235 g/mol. The normalized spacial score (nSPS) is 11.1. The van der Waals surface area contributed by atoms with Crippen LogP contribution < -0.4 is 22.3 Å². The summed E-state index contributed by atoms with van der Waals surface area (Å²) >= 11 is 0. The quantitative estimate of drug-likeness (QED) is 0.263. The van der Waals surface area contributed by atoms with E-state index >= 15 is 0 Å². The van der Waals surface area contributed by atoms with Crippen LogP contribution >= 0.6 is 0 Å². The Balaban J connectivity index is 2.79. The van der Waals surface area contributed by atoms with E-state index in [1.165, 1.54) is 0 Å². The highest BCUT2D eigenvalue weighted by Gasteiger charge is 2.02. The van der Waals surface area contributed by atoms with Crippen molar-refractivity contribution in [2.45, 2.75) is 13.3 Å². The van der Waals surface area contributed by atoms with Crippen LogP contribution in [0.1, 0.15) is 23.7 Å². The Labute approximate surface area is 100 Å². The maximum absolute atomic E-state index is 11.0. The highest BCUT2D eigenvalue weighted by Crippen LogP contribution is 2.09. The van der Waals surface area contributed by atoms with Gasteiger partial charge in [-0.25, -0.2) is 5.84 Å². The van der Waals surface area contributed by atoms with Crippen molar-refractivity contribution in [2.24, 2.45) is 16.6 Å². The van der Waals surface area contributed by atoms with Gasteiger partial charge in [-0.15, -0.1) is 0 Å². The molecule has 0 radical (unpaired) electrons. The minimum absolute atomic E-state index is 0.432. The predicted molar refractivity (Wildman–Crippen MR) is 68.5 cm³/mol. The van der Waals surface area contributed by atoms with Gasteiger partial charge in [0, 0.05) is 17.8 Å². The van der Waals surface area contributed by atoms with Crippen LogP contribution in [0.4, 0.5) is 5.69 Å². The first-order valence-electron chi connectivity index (χ1n) is 5.35. The van der Waals surface area contributed by atoms with E-state index in [1.807, 2.05) is 6.92 Å². The molecule has 6 nitrogen and oxygen atoms in total. The SMILES string of the molecule is CCCN=C(NN)Nc1cccc(C(N)=O)c1. The number of anilines is 1. The fraction of sp³-hybridized carbons (Fsp3) is 0.273. The standard InChI is InChI=1S/C11H17N5O/c1-2-6-14-11(16-13)15-9-5-3-4-8(7-9)10(12)17/h3-5,7H,2,6,13H2,1H3,(H2,12,17)(H2,14,15,16). The molecule has 92 valence electrons. The molecule has 1 amide bonds. The second-order valence-electron chi connectivity index (χ2n) is 3.44. The molecule has 17 heavy (non-hydrogen) atoms. The van der Waals surface area contributed by atoms with E-state index in [0.29, 0.717) is 23.8 Å². The molecule has 0 fully saturated rings. The minimum Gasteiger partial charge on any atom is -0.366 e. The third-order valence-electron chi connectivity index (χ3n) is 2.04. The Morgan fingerprint density at radius 3 is 2.82 bits per heavy atom. The van der Waals surface area contributed by atoms with Crippen molar-refractivity contribution in [3.8, 4) is 0 Å². The fourth-order valence-electron chi connectivity index (χ4n) is 1.23. The summed E-state index contributed by atoms with van der Waals surface area (Å²) in [5, 5.41) is 2.96. The largest absolute Gasteiger partial charge is 0.366 e. The Bertz CT molecular complexity index is 416. The summed E-state index contributed by atoms with van der Waals surface area (Å²) < 4.78 is 0. The lowest BCUT2D eigenvalue weighted by molar-refractivity contribution is 0.100. The van der Waals surface area contributed by atoms with E-state index in [9.17, 15) is 4.79 Å². The first-order valence-corrected chi connectivity index (χ1v) is 5.35. The molecule has 0 heterocycles. The molecule has 1 aromatic rings. The number of amides is 1. The molecule has 0 saturated carbocycles. The smallest absolute Gasteiger partial charge is 0.248 e. The number of nitrogens with one attached hydrogen (secondary N) is 2. The number of rotatable bonds is 4. The van der Waals surface area contributed by atoms with E-state index in [0.717, 1.165) is 6.42 Å². The molecule has 0 aromatic heterocycles. The summed E-state index contributed by atoms with van der Waals surface area (Å²) in [7, 11) is 0. The lowest BCUT2D eigenvalue weighted by atomic mass is 10.2. The molecule has 0 aliphatic rings. The van der Waals surface area contributed by atoms with Crippen molar-refractivity contribution >= 4 is 17.6 Å². The summed E-state index contributed by atoms with van der Waals surface area (Å²) in [6.07, 6.45) is 0.925. The monoisotopic (exact) mass is 235 g/mol. The predicted octanol–water partition coefficient (Wildman–Crippen LogP) is 0.427. The van der Waals surface area contributed by atoms with Crippen molar-refractivity contribution in [3.63, 3.8) is 0 Å². The van der Waals surface area contributed by atoms with Crippen molar-refractivity contribution in [3.05, 3.63) is 29.8 Å². The number of nitrogens with zero attached hydrogens (tertiary/aromatic N) is 1. The molecule has 0 spiro atoms. The molecule has 0 saturated heterocycles. The number of aliphatic imine (C=N–C) groups is 1. The van der Waals surface area contributed by atoms with Crippen molar-refractivity contribution in [1.82, 2.24) is 5.43 Å². The topological polar surface area (TPSA) is 106 Å². The van der Waals surface area contributed by atoms with Gasteiger partial charge in [-0.05, 0) is 24.6 Å². The second kappa shape index (κ2) is 6.49. The first-order chi connectivity index (χ1) is 8.17. The van der Waals surface area contributed by atoms with Crippen LogP contribution in [0.15, 0.2) is 29.3 Å². The minimum atomic E-state index is -0.471. The molecule has 0 atom stereocenters. The number of primary amides is 1. The Hall–Kier alpha value is -2.08. The number of benzene rings is 1. The van der Waals surface area contributed by atoms with Gasteiger partial charge in [0.2, 0.25) is 11.9 Å². The van der Waals surface area contributed by atoms with Gasteiger partial charge in [-0.3, -0.25) is 15.2 Å². The van der Waals surface area contributed by atoms with Crippen molar-refractivity contribution in [1.29, 1.82) is 0 Å². The third-order valence-corrected chi connectivity index (χ3v) is 2.04. The summed E-state index contributed by atoms with van der Waals surface area (Å²) in [5.41, 5.74) is 8.78. The zero-order valence-electron chi connectivity index (χ0n) is 9.73. The number of guanidine groups is 1. The summed E-state index contributed by atoms with van der Waals surface area (Å²) in [5.74, 6) is 5.31. The van der Waals surface area contributed by atoms with Crippen LogP contribution in [0, 0.1) is 0 Å². The third kappa shape index (κ3) is 4.12. The van der Waals surface area contributed by atoms with Crippen LogP contribution in [-0.4, -0.2) is 18.4 Å². The number of carbonyl (C=O) groups is 1. The van der Waals surface area contributed by atoms with Crippen LogP contribution in [0.3, 0.4) is 0 Å². The van der Waals surface area contributed by atoms with Gasteiger partial charge in [0.1, 0.15) is 0 Å². The van der Waals surface area contributed by atoms with Crippen LogP contribution in [-0.2, 0) is 0 Å². The van der Waals surface area contributed by atoms with E-state index in [-0.39, 0.29) is 0 Å². The van der Waals surface area contributed by atoms with Gasteiger partial charge >= 0.3 is 0 Å². The lowest BCUT2D eigenvalue weighted by Gasteiger charge is -2.09. The lowest BCUT2D eigenvalue weighted by Crippen LogP contribution is -2.36. The van der Waals surface area contributed by atoms with Crippen molar-refractivity contribution < 1.29 is 4.79 Å². The molecule has 1 rings (SSSR count). The first kappa shape index (κ1) is 13.0. The Kier molecular flexibility index (Phi) is 4.96. The molecule has 0 aliphatic carbocycles. The number of nitrogens with two attached hydrogens (primary N) is 2. The zero-order chi connectivity index (χ0) is 12.7. The number of hydrazine groups is 1. The van der Waals surface area contributed by atoms with Gasteiger partial charge in [0.15, 0.2) is 0 Å². The van der Waals surface area contributed by atoms with E-state index in [2.05, 4.69) is 15.7 Å². The maximum Gasteiger partial charge on any atom is 0.248 e. The summed E-state index contributed by atoms with van der Waals surface area (Å²) in [6, 6.07) is 6.81. The van der Waals surface area contributed by atoms with Gasteiger partial charge in [-0.2, -0.15) is 0 Å². The van der Waals surface area contributed by atoms with Crippen molar-refractivity contribution in [2.75, 3.05) is 11.9 Å². The Morgan fingerprint density at radius 2 is 2.24 bits per heavy atom. The van der Waals surface area contributed by atoms with Crippen LogP contribution in [0.25, 0.3) is 0 Å². The van der Waals surface area contributed by atoms with Crippen LogP contribution in [0.2, 0.25) is 0 Å². The molecule has 0 aliphatic heterocycles. The number of carbonyl (C=O) groups excluding carboxylic acids is 1. The second-order valence-corrected chi connectivity index (χ2v) is 3.44. The molecular formula is C11H17N5O. The zero-order valence-corrected chi connectivity index (χ0v) is 9.73. The van der Waals surface area contributed by atoms with Gasteiger partial charge in [0.25, 0.3) is 0 Å². The van der Waals surface area contributed by atoms with E-state index < -0.39 is 5.91 Å². The highest BCUT2D eigenvalue weighted by atomic mass is 16.1. The molecule has 6 N–H and O–H groups in total. The number of hydrogen-bond donors (Lipinski definition) is 4. The molecule has 0 unspecified atom stereocenters. The maximum atomic E-state index is 11.0. The van der Waals surface area contributed by atoms with E-state index in [4.69, 9.17) is 11.6 Å². The van der Waals surface area contributed by atoms with Gasteiger partial charge < -0.3 is 11.1 Å². The van der Waals surface area contributed by atoms with Crippen LogP contribution in [0.5, 0.6) is 0 Å². The highest BCUT2D eigenvalue weighted by molar-refractivity contribution is 5.97. The molecule has 0 bridgehead atoms. The summed E-state index contributed by atoms with van der Waals surface area (Å²) in [6.45, 7) is 2.69. The average Bonchev–Trinajstić information content (AvgIpc) is 2.34. The fourth-order valence-corrected chi connectivity index (χ4v) is 1.23.